The van der Waals surface area contributed by atoms with E-state index in [4.69, 9.17) is 46.4 Å². The summed E-state index contributed by atoms with van der Waals surface area (Å²) in [4.78, 5) is 71.4. The smallest absolute Gasteiger partial charge is 0.351 e. The lowest BCUT2D eigenvalue weighted by atomic mass is 10.1. The number of aryl methyl sites for hydroxylation is 2. The second kappa shape index (κ2) is 24.2. The van der Waals surface area contributed by atoms with Crippen LogP contribution in [0.25, 0.3) is 11.6 Å². The van der Waals surface area contributed by atoms with Crippen LogP contribution in [0.1, 0.15) is 85.0 Å². The van der Waals surface area contributed by atoms with Crippen LogP contribution >= 0.6 is 69.9 Å². The van der Waals surface area contributed by atoms with Gasteiger partial charge in [-0.25, -0.2) is 19.3 Å². The molecule has 0 aliphatic rings. The van der Waals surface area contributed by atoms with Crippen molar-refractivity contribution in [2.75, 3.05) is 30.0 Å². The molecule has 72 heavy (non-hydrogen) atoms. The Labute approximate surface area is 435 Å². The Morgan fingerprint density at radius 3 is 1.36 bits per heavy atom. The lowest BCUT2D eigenvalue weighted by molar-refractivity contribution is -0.142. The highest BCUT2D eigenvalue weighted by Gasteiger charge is 2.38. The van der Waals surface area contributed by atoms with Gasteiger partial charge < -0.3 is 21.3 Å². The van der Waals surface area contributed by atoms with E-state index in [1.54, 1.807) is 32.5 Å². The minimum absolute atomic E-state index is 0.0102. The first-order chi connectivity index (χ1) is 33.7. The van der Waals surface area contributed by atoms with Gasteiger partial charge in [0.25, 0.3) is 23.6 Å². The van der Waals surface area contributed by atoms with Crippen LogP contribution in [-0.4, -0.2) is 88.1 Å². The number of benzene rings is 2. The number of alkyl halides is 6. The Balaban J connectivity index is 0.000000268. The SMILES string of the molecule is CC(=O)SC(C)CNC(=O)c1cc(Cl)cc(C)c1NC(=O)c1cc(C(F)(F)F)nn1-c1ncccc1Cl.CSC(C)CNC(=O)c1cc(Cl)cc(C)c1NC(=O)c1cc(C(F)(F)F)nn1-c1ncccc1Cl. The van der Waals surface area contributed by atoms with E-state index in [9.17, 15) is 50.3 Å². The Kier molecular flexibility index (Phi) is 19.2. The third-order valence-corrected chi connectivity index (χ3v) is 12.7. The van der Waals surface area contributed by atoms with E-state index >= 15 is 0 Å². The molecule has 0 radical (unpaired) electrons. The summed E-state index contributed by atoms with van der Waals surface area (Å²) in [6.45, 7) is 8.77. The van der Waals surface area contributed by atoms with Gasteiger partial charge in [-0.3, -0.25) is 24.0 Å². The van der Waals surface area contributed by atoms with Crippen molar-refractivity contribution < 1.29 is 50.3 Å². The number of aromatic nitrogens is 6. The zero-order valence-electron chi connectivity index (χ0n) is 38.3. The number of carbonyl (C=O) groups excluding carboxylic acids is 5. The number of thioether (sulfide) groups is 2. The minimum atomic E-state index is -4.85. The molecule has 2 unspecified atom stereocenters. The number of anilines is 2. The standard InChI is InChI=1S/C23H20Cl2F3N5O3S.C22H20Cl2F3N5O2S/c1-11-7-14(24)8-15(21(35)30-10-12(2)37-13(3)34)19(11)31-22(36)17-9-18(23(26,27)28)32-33(17)20-16(25)5-4-6-29-20;1-11-7-13(23)8-14(20(33)29-10-12(2)35-3)18(11)30-21(34)16-9-17(22(25,26)27)31-32(16)19-15(24)5-4-6-28-19/h4-9,12H,10H2,1-3H3,(H,30,35)(H,31,36);4-9,12H,10H2,1-3H3,(H,29,33)(H,30,34). The predicted molar refractivity (Wildman–Crippen MR) is 266 cm³/mol. The third-order valence-electron chi connectivity index (χ3n) is 9.78. The highest BCUT2D eigenvalue weighted by Crippen LogP contribution is 2.34. The molecule has 0 saturated heterocycles. The number of halogens is 10. The van der Waals surface area contributed by atoms with Gasteiger partial charge in [0.15, 0.2) is 28.1 Å². The number of amides is 4. The quantitative estimate of drug-likeness (QED) is 0.0758. The molecular weight excluding hydrogens is 1080 g/mol. The summed E-state index contributed by atoms with van der Waals surface area (Å²) >= 11 is 27.0. The van der Waals surface area contributed by atoms with Gasteiger partial charge in [0.2, 0.25) is 0 Å². The number of pyridine rings is 2. The molecular formula is C45H40Cl4F6N10O5S2. The van der Waals surface area contributed by atoms with Gasteiger partial charge in [-0.05, 0) is 79.8 Å². The molecule has 6 rings (SSSR count). The van der Waals surface area contributed by atoms with Crippen molar-refractivity contribution in [3.05, 3.63) is 138 Å². The van der Waals surface area contributed by atoms with Gasteiger partial charge >= 0.3 is 12.4 Å². The summed E-state index contributed by atoms with van der Waals surface area (Å²) in [6.07, 6.45) is -5.18. The molecule has 4 aromatic heterocycles. The maximum absolute atomic E-state index is 13.4. The van der Waals surface area contributed by atoms with Gasteiger partial charge in [0.1, 0.15) is 11.4 Å². The fourth-order valence-corrected chi connectivity index (χ4v) is 8.29. The molecule has 382 valence electrons. The van der Waals surface area contributed by atoms with Gasteiger partial charge in [-0.1, -0.05) is 72.0 Å². The van der Waals surface area contributed by atoms with Crippen LogP contribution in [0.15, 0.2) is 73.1 Å². The fraction of sp³-hybridized carbons (Fsp3) is 0.267. The number of rotatable bonds is 14. The van der Waals surface area contributed by atoms with E-state index in [0.29, 0.717) is 39.2 Å². The maximum atomic E-state index is 13.4. The van der Waals surface area contributed by atoms with Crippen LogP contribution in [0.4, 0.5) is 37.7 Å². The average Bonchev–Trinajstić information content (AvgIpc) is 3.96. The van der Waals surface area contributed by atoms with Crippen LogP contribution in [0.3, 0.4) is 0 Å². The second-order valence-electron chi connectivity index (χ2n) is 15.4. The summed E-state index contributed by atoms with van der Waals surface area (Å²) in [6, 6.07) is 12.6. The van der Waals surface area contributed by atoms with E-state index in [-0.39, 0.29) is 76.4 Å². The Hall–Kier alpha value is -5.85. The van der Waals surface area contributed by atoms with Gasteiger partial charge in [-0.2, -0.15) is 48.3 Å². The average molecular weight is 1120 g/mol. The van der Waals surface area contributed by atoms with Gasteiger partial charge in [0.05, 0.1) is 32.5 Å². The largest absolute Gasteiger partial charge is 0.435 e. The zero-order valence-corrected chi connectivity index (χ0v) is 43.0. The summed E-state index contributed by atoms with van der Waals surface area (Å²) in [5, 5.41) is 17.7. The molecule has 2 atom stereocenters. The number of nitrogens with one attached hydrogen (secondary N) is 4. The normalized spacial score (nSPS) is 12.3. The topological polar surface area (TPSA) is 195 Å². The summed E-state index contributed by atoms with van der Waals surface area (Å²) in [7, 11) is 0. The molecule has 0 fully saturated rings. The number of hydrogen-bond donors (Lipinski definition) is 4. The highest BCUT2D eigenvalue weighted by atomic mass is 35.5. The molecule has 4 amide bonds. The summed E-state index contributed by atoms with van der Waals surface area (Å²) in [5.41, 5.74) is -2.62. The molecule has 0 bridgehead atoms. The lowest BCUT2D eigenvalue weighted by Crippen LogP contribution is -2.31. The molecule has 6 aromatic rings. The monoisotopic (exact) mass is 1120 g/mol. The lowest BCUT2D eigenvalue weighted by Gasteiger charge is -2.16. The van der Waals surface area contributed by atoms with Crippen molar-refractivity contribution >= 4 is 110 Å². The van der Waals surface area contributed by atoms with E-state index in [1.807, 2.05) is 13.2 Å². The minimum Gasteiger partial charge on any atom is -0.351 e. The maximum Gasteiger partial charge on any atom is 0.435 e. The molecule has 0 saturated carbocycles. The summed E-state index contributed by atoms with van der Waals surface area (Å²) < 4.78 is 82.0. The Bertz CT molecular complexity index is 3030. The molecule has 0 aliphatic heterocycles. The number of carbonyl (C=O) groups is 5. The first-order valence-electron chi connectivity index (χ1n) is 20.8. The molecule has 4 N–H and O–H groups in total. The molecule has 0 aliphatic carbocycles. The zero-order chi connectivity index (χ0) is 53.4. The van der Waals surface area contributed by atoms with Gasteiger partial charge in [-0.15, -0.1) is 0 Å². The predicted octanol–water partition coefficient (Wildman–Crippen LogP) is 11.2. The molecule has 2 aromatic carbocycles. The van der Waals surface area contributed by atoms with Crippen LogP contribution in [0.2, 0.25) is 20.1 Å². The van der Waals surface area contributed by atoms with Crippen LogP contribution in [0.5, 0.6) is 0 Å². The molecule has 15 nitrogen and oxygen atoms in total. The number of nitrogens with zero attached hydrogens (tertiary/aromatic N) is 6. The van der Waals surface area contributed by atoms with Crippen LogP contribution in [0, 0.1) is 13.8 Å². The van der Waals surface area contributed by atoms with Crippen molar-refractivity contribution in [2.45, 2.75) is 57.5 Å². The number of hydrogen-bond acceptors (Lipinski definition) is 11. The van der Waals surface area contributed by atoms with Crippen molar-refractivity contribution in [1.29, 1.82) is 0 Å². The van der Waals surface area contributed by atoms with E-state index in [1.165, 1.54) is 67.8 Å². The third kappa shape index (κ3) is 14.6. The Morgan fingerprint density at radius 1 is 0.625 bits per heavy atom. The summed E-state index contributed by atoms with van der Waals surface area (Å²) in [5.74, 6) is -3.39. The first-order valence-corrected chi connectivity index (χ1v) is 24.4. The molecule has 4 heterocycles. The van der Waals surface area contributed by atoms with Crippen molar-refractivity contribution in [2.24, 2.45) is 0 Å². The van der Waals surface area contributed by atoms with Crippen molar-refractivity contribution in [1.82, 2.24) is 40.2 Å². The van der Waals surface area contributed by atoms with Crippen molar-refractivity contribution in [3.63, 3.8) is 0 Å². The van der Waals surface area contributed by atoms with E-state index < -0.39 is 58.8 Å². The molecule has 27 heteroatoms. The van der Waals surface area contributed by atoms with Crippen molar-refractivity contribution in [3.8, 4) is 11.6 Å². The molecule has 0 spiro atoms. The fourth-order valence-electron chi connectivity index (χ4n) is 6.36. The highest BCUT2D eigenvalue weighted by molar-refractivity contribution is 8.14. The van der Waals surface area contributed by atoms with E-state index in [0.717, 1.165) is 11.8 Å². The van der Waals surface area contributed by atoms with Gasteiger partial charge in [0, 0.05) is 65.1 Å². The first kappa shape index (κ1) is 57.1. The second-order valence-corrected chi connectivity index (χ2v) is 19.9. The van der Waals surface area contributed by atoms with E-state index in [2.05, 4.69) is 41.4 Å². The Morgan fingerprint density at radius 2 is 1.01 bits per heavy atom. The van der Waals surface area contributed by atoms with Crippen LogP contribution < -0.4 is 21.3 Å². The van der Waals surface area contributed by atoms with Crippen LogP contribution in [-0.2, 0) is 17.1 Å².